The quantitative estimate of drug-likeness (QED) is 0.827. The Morgan fingerprint density at radius 2 is 2.00 bits per heavy atom. The van der Waals surface area contributed by atoms with Crippen LogP contribution in [0.2, 0.25) is 5.02 Å². The van der Waals surface area contributed by atoms with Crippen molar-refractivity contribution in [2.24, 2.45) is 5.92 Å². The minimum atomic E-state index is -0.675. The van der Waals surface area contributed by atoms with Crippen LogP contribution in [-0.4, -0.2) is 38.5 Å². The van der Waals surface area contributed by atoms with Gasteiger partial charge in [-0.2, -0.15) is 0 Å². The van der Waals surface area contributed by atoms with E-state index in [0.29, 0.717) is 16.9 Å². The van der Waals surface area contributed by atoms with Gasteiger partial charge in [-0.3, -0.25) is 9.69 Å². The lowest BCUT2D eigenvalue weighted by Crippen LogP contribution is -2.48. The van der Waals surface area contributed by atoms with Gasteiger partial charge in [0.25, 0.3) is 0 Å². The summed E-state index contributed by atoms with van der Waals surface area (Å²) >= 11 is 5.87. The third-order valence-corrected chi connectivity index (χ3v) is 5.36. The van der Waals surface area contributed by atoms with Gasteiger partial charge in [0.2, 0.25) is 5.82 Å². The van der Waals surface area contributed by atoms with Crippen molar-refractivity contribution >= 4 is 17.6 Å². The Bertz CT molecular complexity index is 896. The fourth-order valence-electron chi connectivity index (χ4n) is 3.46. The van der Waals surface area contributed by atoms with Gasteiger partial charge in [-0.15, -0.1) is 0 Å². The maximum atomic E-state index is 11.0. The number of nitrogens with zero attached hydrogens (tertiary/aromatic N) is 3. The monoisotopic (exact) mass is 367 g/mol. The van der Waals surface area contributed by atoms with Gasteiger partial charge in [-0.05, 0) is 43.0 Å². The van der Waals surface area contributed by atoms with Crippen molar-refractivity contribution in [3.05, 3.63) is 58.1 Å². The fourth-order valence-corrected chi connectivity index (χ4v) is 3.58. The Labute approximate surface area is 157 Å². The molecule has 1 aromatic heterocycles. The number of carbonyl (C=O) groups is 1. The molecule has 6 heteroatoms. The lowest BCUT2D eigenvalue weighted by atomic mass is 9.78. The van der Waals surface area contributed by atoms with E-state index in [-0.39, 0.29) is 5.92 Å². The van der Waals surface area contributed by atoms with E-state index >= 15 is 0 Å². The molecule has 1 aliphatic carbocycles. The number of halogens is 1. The molecule has 1 aliphatic heterocycles. The van der Waals surface area contributed by atoms with Crippen molar-refractivity contribution in [3.8, 4) is 11.8 Å². The van der Waals surface area contributed by atoms with Crippen LogP contribution in [0.1, 0.15) is 35.5 Å². The SMILES string of the molecule is O=C(O)C1CC(N2CCc3nc(C#Cc4ccc(Cl)cc4)ncc3C2)C1. The normalized spacial score (nSPS) is 21.9. The lowest BCUT2D eigenvalue weighted by molar-refractivity contribution is -0.147. The molecule has 2 aromatic rings. The second kappa shape index (κ2) is 7.06. The van der Waals surface area contributed by atoms with Crippen molar-refractivity contribution in [1.82, 2.24) is 14.9 Å². The van der Waals surface area contributed by atoms with Crippen molar-refractivity contribution < 1.29 is 9.90 Å². The van der Waals surface area contributed by atoms with E-state index in [1.165, 1.54) is 0 Å². The minimum absolute atomic E-state index is 0.178. The average molecular weight is 368 g/mol. The second-order valence-electron chi connectivity index (χ2n) is 6.80. The third-order valence-electron chi connectivity index (χ3n) is 5.11. The van der Waals surface area contributed by atoms with Gasteiger partial charge in [-0.25, -0.2) is 9.97 Å². The molecule has 2 aliphatic rings. The zero-order valence-corrected chi connectivity index (χ0v) is 14.9. The van der Waals surface area contributed by atoms with Crippen molar-refractivity contribution in [2.75, 3.05) is 6.54 Å². The zero-order chi connectivity index (χ0) is 18.1. The van der Waals surface area contributed by atoms with Crippen LogP contribution in [0.3, 0.4) is 0 Å². The Morgan fingerprint density at radius 1 is 1.23 bits per heavy atom. The fraction of sp³-hybridized carbons (Fsp3) is 0.350. The molecule has 0 radical (unpaired) electrons. The summed E-state index contributed by atoms with van der Waals surface area (Å²) in [5.74, 6) is 5.74. The summed E-state index contributed by atoms with van der Waals surface area (Å²) < 4.78 is 0. The van der Waals surface area contributed by atoms with E-state index in [9.17, 15) is 4.79 Å². The van der Waals surface area contributed by atoms with Gasteiger partial charge >= 0.3 is 5.97 Å². The summed E-state index contributed by atoms with van der Waals surface area (Å²) in [7, 11) is 0. The van der Waals surface area contributed by atoms with Crippen LogP contribution in [-0.2, 0) is 17.8 Å². The van der Waals surface area contributed by atoms with Crippen molar-refractivity contribution in [3.63, 3.8) is 0 Å². The van der Waals surface area contributed by atoms with Crippen LogP contribution in [0.5, 0.6) is 0 Å². The molecule has 0 amide bonds. The van der Waals surface area contributed by atoms with E-state index in [1.807, 2.05) is 30.5 Å². The molecule has 1 saturated carbocycles. The molecule has 1 N–H and O–H groups in total. The molecular weight excluding hydrogens is 350 g/mol. The van der Waals surface area contributed by atoms with Gasteiger partial charge in [0, 0.05) is 47.9 Å². The van der Waals surface area contributed by atoms with Crippen LogP contribution in [0.25, 0.3) is 0 Å². The number of carboxylic acid groups (broad SMARTS) is 1. The van der Waals surface area contributed by atoms with Crippen LogP contribution >= 0.6 is 11.6 Å². The van der Waals surface area contributed by atoms with E-state index in [4.69, 9.17) is 16.7 Å². The first-order valence-corrected chi connectivity index (χ1v) is 9.05. The first-order chi connectivity index (χ1) is 12.6. The first-order valence-electron chi connectivity index (χ1n) is 8.68. The summed E-state index contributed by atoms with van der Waals surface area (Å²) in [6.45, 7) is 1.70. The van der Waals surface area contributed by atoms with Gasteiger partial charge in [-0.1, -0.05) is 17.5 Å². The highest BCUT2D eigenvalue weighted by atomic mass is 35.5. The van der Waals surface area contributed by atoms with Crippen molar-refractivity contribution in [2.45, 2.75) is 31.8 Å². The molecule has 0 unspecified atom stereocenters. The summed E-state index contributed by atoms with van der Waals surface area (Å²) in [5, 5.41) is 9.71. The largest absolute Gasteiger partial charge is 0.481 e. The van der Waals surface area contributed by atoms with Gasteiger partial charge in [0.15, 0.2) is 0 Å². The predicted molar refractivity (Wildman–Crippen MR) is 97.7 cm³/mol. The number of aromatic nitrogens is 2. The number of aliphatic carboxylic acids is 1. The van der Waals surface area contributed by atoms with Crippen LogP contribution in [0.15, 0.2) is 30.5 Å². The summed E-state index contributed by atoms with van der Waals surface area (Å²) in [6, 6.07) is 7.73. The molecule has 0 bridgehead atoms. The molecule has 0 spiro atoms. The molecule has 0 saturated heterocycles. The molecule has 4 rings (SSSR count). The lowest BCUT2D eigenvalue weighted by Gasteiger charge is -2.43. The van der Waals surface area contributed by atoms with Gasteiger partial charge < -0.3 is 5.11 Å². The maximum absolute atomic E-state index is 11.0. The molecular formula is C20H18ClN3O2. The number of hydrogen-bond acceptors (Lipinski definition) is 4. The number of carboxylic acids is 1. The number of rotatable bonds is 2. The second-order valence-corrected chi connectivity index (χ2v) is 7.24. The molecule has 0 atom stereocenters. The van der Waals surface area contributed by atoms with Crippen LogP contribution in [0.4, 0.5) is 0 Å². The first kappa shape index (κ1) is 17.0. The standard InChI is InChI=1S/C20H18ClN3O2/c21-16-4-1-13(2-5-16)3-6-19-22-11-15-12-24(8-7-18(15)23-19)17-9-14(10-17)20(25)26/h1-2,4-5,11,14,17H,7-10,12H2,(H,25,26). The third kappa shape index (κ3) is 3.57. The smallest absolute Gasteiger partial charge is 0.306 e. The Hall–Kier alpha value is -2.42. The van der Waals surface area contributed by atoms with E-state index in [1.54, 1.807) is 0 Å². The predicted octanol–water partition coefficient (Wildman–Crippen LogP) is 2.75. The molecule has 2 heterocycles. The highest BCUT2D eigenvalue weighted by Crippen LogP contribution is 2.34. The van der Waals surface area contributed by atoms with E-state index in [2.05, 4.69) is 26.7 Å². The number of fused-ring (bicyclic) bond motifs is 1. The highest BCUT2D eigenvalue weighted by Gasteiger charge is 2.38. The Balaban J connectivity index is 1.43. The van der Waals surface area contributed by atoms with E-state index in [0.717, 1.165) is 49.2 Å². The van der Waals surface area contributed by atoms with Crippen LogP contribution in [0, 0.1) is 17.8 Å². The molecule has 26 heavy (non-hydrogen) atoms. The number of hydrogen-bond donors (Lipinski definition) is 1. The average Bonchev–Trinajstić information content (AvgIpc) is 2.59. The topological polar surface area (TPSA) is 66.3 Å². The molecule has 1 aromatic carbocycles. The van der Waals surface area contributed by atoms with Gasteiger partial charge in [0.05, 0.1) is 11.6 Å². The minimum Gasteiger partial charge on any atom is -0.481 e. The Kier molecular flexibility index (Phi) is 4.62. The molecule has 132 valence electrons. The maximum Gasteiger partial charge on any atom is 0.306 e. The summed E-state index contributed by atoms with van der Waals surface area (Å²) in [4.78, 5) is 22.3. The molecule has 5 nitrogen and oxygen atoms in total. The summed E-state index contributed by atoms with van der Waals surface area (Å²) in [5.41, 5.74) is 3.04. The van der Waals surface area contributed by atoms with Gasteiger partial charge in [0.1, 0.15) is 0 Å². The summed E-state index contributed by atoms with van der Waals surface area (Å²) in [6.07, 6.45) is 4.20. The number of benzene rings is 1. The van der Waals surface area contributed by atoms with Crippen LogP contribution < -0.4 is 0 Å². The molecule has 1 fully saturated rings. The zero-order valence-electron chi connectivity index (χ0n) is 14.2. The van der Waals surface area contributed by atoms with Crippen molar-refractivity contribution in [1.29, 1.82) is 0 Å². The highest BCUT2D eigenvalue weighted by molar-refractivity contribution is 6.30. The Morgan fingerprint density at radius 3 is 2.73 bits per heavy atom. The van der Waals surface area contributed by atoms with E-state index < -0.39 is 5.97 Å².